The van der Waals surface area contributed by atoms with Gasteiger partial charge in [-0.1, -0.05) is 31.8 Å². The van der Waals surface area contributed by atoms with Crippen LogP contribution in [0, 0.1) is 12.3 Å². The molecule has 0 aliphatic heterocycles. The molecule has 2 nitrogen and oxygen atoms in total. The van der Waals surface area contributed by atoms with Crippen molar-refractivity contribution >= 4 is 0 Å². The van der Waals surface area contributed by atoms with Crippen molar-refractivity contribution in [3.63, 3.8) is 0 Å². The van der Waals surface area contributed by atoms with Gasteiger partial charge in [0.25, 0.3) is 0 Å². The van der Waals surface area contributed by atoms with E-state index in [1.807, 2.05) is 5.06 Å². The molecule has 0 rings (SSSR count). The molecule has 13 heavy (non-hydrogen) atoms. The Morgan fingerprint density at radius 2 is 2.31 bits per heavy atom. The van der Waals surface area contributed by atoms with Crippen molar-refractivity contribution in [1.82, 2.24) is 5.06 Å². The second kappa shape index (κ2) is 9.31. The average molecular weight is 181 g/mol. The molecule has 0 unspecified atom stereocenters. The summed E-state index contributed by atoms with van der Waals surface area (Å²) in [5.41, 5.74) is 0. The van der Waals surface area contributed by atoms with Gasteiger partial charge in [-0.2, -0.15) is 5.06 Å². The van der Waals surface area contributed by atoms with Crippen LogP contribution < -0.4 is 0 Å². The summed E-state index contributed by atoms with van der Waals surface area (Å²) in [6.45, 7) is 7.76. The third-order valence-electron chi connectivity index (χ3n) is 1.65. The standard InChI is InChI=1S/C11H19NO/c1-4-7-8-10-12(9-5-2)13-11-6-3/h2,6H,3-4,7-11H2,1H3. The molecule has 0 aromatic carbocycles. The van der Waals surface area contributed by atoms with E-state index < -0.39 is 0 Å². The second-order valence-corrected chi connectivity index (χ2v) is 2.86. The zero-order chi connectivity index (χ0) is 9.94. The summed E-state index contributed by atoms with van der Waals surface area (Å²) in [6.07, 6.45) is 10.5. The fourth-order valence-electron chi connectivity index (χ4n) is 0.987. The van der Waals surface area contributed by atoms with Crippen LogP contribution in [0.1, 0.15) is 26.2 Å². The molecule has 2 heteroatoms. The van der Waals surface area contributed by atoms with Gasteiger partial charge in [0.1, 0.15) is 0 Å². The minimum atomic E-state index is 0.536. The summed E-state index contributed by atoms with van der Waals surface area (Å²) >= 11 is 0. The van der Waals surface area contributed by atoms with Crippen molar-refractivity contribution in [2.24, 2.45) is 0 Å². The maximum Gasteiger partial charge on any atom is 0.0864 e. The maximum atomic E-state index is 5.35. The zero-order valence-electron chi connectivity index (χ0n) is 8.46. The molecule has 0 aliphatic carbocycles. The third-order valence-corrected chi connectivity index (χ3v) is 1.65. The quantitative estimate of drug-likeness (QED) is 0.246. The SMILES string of the molecule is C#CCN(CCCCC)OCC=C. The summed E-state index contributed by atoms with van der Waals surface area (Å²) < 4.78 is 0. The zero-order valence-corrected chi connectivity index (χ0v) is 8.46. The van der Waals surface area contributed by atoms with Crippen LogP contribution in [0.2, 0.25) is 0 Å². The fraction of sp³-hybridized carbons (Fsp3) is 0.636. The Morgan fingerprint density at radius 1 is 1.54 bits per heavy atom. The number of hydrogen-bond acceptors (Lipinski definition) is 2. The summed E-state index contributed by atoms with van der Waals surface area (Å²) in [5.74, 6) is 2.57. The molecular formula is C11H19NO. The molecule has 0 heterocycles. The second-order valence-electron chi connectivity index (χ2n) is 2.86. The average Bonchev–Trinajstić information content (AvgIpc) is 2.14. The molecular weight excluding hydrogens is 162 g/mol. The molecule has 0 fully saturated rings. The lowest BCUT2D eigenvalue weighted by molar-refractivity contribution is -0.139. The number of hydroxylamine groups is 2. The van der Waals surface area contributed by atoms with Crippen LogP contribution in [-0.2, 0) is 4.84 Å². The molecule has 0 amide bonds. The predicted molar refractivity (Wildman–Crippen MR) is 56.1 cm³/mol. The summed E-state index contributed by atoms with van der Waals surface area (Å²) in [7, 11) is 0. The van der Waals surface area contributed by atoms with E-state index in [-0.39, 0.29) is 0 Å². The first kappa shape index (κ1) is 12.2. The molecule has 0 atom stereocenters. The summed E-state index contributed by atoms with van der Waals surface area (Å²) in [6, 6.07) is 0. The number of rotatable bonds is 8. The molecule has 74 valence electrons. The Morgan fingerprint density at radius 3 is 2.85 bits per heavy atom. The number of unbranched alkanes of at least 4 members (excludes halogenated alkanes) is 2. The van der Waals surface area contributed by atoms with E-state index in [0.717, 1.165) is 13.0 Å². The Kier molecular flexibility index (Phi) is 8.75. The number of hydrogen-bond donors (Lipinski definition) is 0. The smallest absolute Gasteiger partial charge is 0.0864 e. The Labute approximate surface area is 81.5 Å². The van der Waals surface area contributed by atoms with E-state index >= 15 is 0 Å². The molecule has 0 radical (unpaired) electrons. The first-order chi connectivity index (χ1) is 6.35. The lowest BCUT2D eigenvalue weighted by atomic mass is 10.2. The maximum absolute atomic E-state index is 5.35. The molecule has 0 bridgehead atoms. The van der Waals surface area contributed by atoms with Crippen molar-refractivity contribution in [1.29, 1.82) is 0 Å². The van der Waals surface area contributed by atoms with Crippen LogP contribution >= 0.6 is 0 Å². The van der Waals surface area contributed by atoms with E-state index in [2.05, 4.69) is 19.4 Å². The predicted octanol–water partition coefficient (Wildman–Crippen LogP) is 2.23. The first-order valence-corrected chi connectivity index (χ1v) is 4.77. The van der Waals surface area contributed by atoms with Gasteiger partial charge in [-0.3, -0.25) is 4.84 Å². The first-order valence-electron chi connectivity index (χ1n) is 4.77. The van der Waals surface area contributed by atoms with Crippen molar-refractivity contribution in [3.05, 3.63) is 12.7 Å². The summed E-state index contributed by atoms with van der Waals surface area (Å²) in [5, 5.41) is 1.82. The minimum absolute atomic E-state index is 0.536. The molecule has 0 saturated carbocycles. The van der Waals surface area contributed by atoms with E-state index in [9.17, 15) is 0 Å². The van der Waals surface area contributed by atoms with E-state index in [0.29, 0.717) is 13.2 Å². The van der Waals surface area contributed by atoms with Crippen molar-refractivity contribution < 1.29 is 4.84 Å². The molecule has 0 aliphatic rings. The van der Waals surface area contributed by atoms with E-state index in [1.54, 1.807) is 6.08 Å². The molecule has 0 spiro atoms. The fourth-order valence-corrected chi connectivity index (χ4v) is 0.987. The third kappa shape index (κ3) is 7.58. The molecule has 0 saturated heterocycles. The van der Waals surface area contributed by atoms with Gasteiger partial charge < -0.3 is 0 Å². The summed E-state index contributed by atoms with van der Waals surface area (Å²) in [4.78, 5) is 5.35. The van der Waals surface area contributed by atoms with E-state index in [1.165, 1.54) is 12.8 Å². The van der Waals surface area contributed by atoms with Crippen molar-refractivity contribution in [2.45, 2.75) is 26.2 Å². The van der Waals surface area contributed by atoms with Gasteiger partial charge in [0, 0.05) is 6.54 Å². The minimum Gasteiger partial charge on any atom is -0.294 e. The van der Waals surface area contributed by atoms with Crippen LogP contribution in [-0.4, -0.2) is 24.8 Å². The highest BCUT2D eigenvalue weighted by molar-refractivity contribution is 4.86. The highest BCUT2D eigenvalue weighted by atomic mass is 16.7. The van der Waals surface area contributed by atoms with Crippen LogP contribution in [0.4, 0.5) is 0 Å². The monoisotopic (exact) mass is 181 g/mol. The number of nitrogens with zero attached hydrogens (tertiary/aromatic N) is 1. The van der Waals surface area contributed by atoms with Gasteiger partial charge >= 0.3 is 0 Å². The lowest BCUT2D eigenvalue weighted by Crippen LogP contribution is -2.25. The van der Waals surface area contributed by atoms with Gasteiger partial charge in [-0.25, -0.2) is 0 Å². The van der Waals surface area contributed by atoms with Gasteiger partial charge in [0.15, 0.2) is 0 Å². The Bertz CT molecular complexity index is 160. The normalized spacial score (nSPS) is 9.92. The van der Waals surface area contributed by atoms with Crippen LogP contribution in [0.3, 0.4) is 0 Å². The topological polar surface area (TPSA) is 12.5 Å². The lowest BCUT2D eigenvalue weighted by Gasteiger charge is -2.17. The highest BCUT2D eigenvalue weighted by Crippen LogP contribution is 1.98. The van der Waals surface area contributed by atoms with Crippen molar-refractivity contribution in [3.8, 4) is 12.3 Å². The van der Waals surface area contributed by atoms with Crippen LogP contribution in [0.25, 0.3) is 0 Å². The van der Waals surface area contributed by atoms with E-state index in [4.69, 9.17) is 11.3 Å². The molecule has 0 aromatic rings. The van der Waals surface area contributed by atoms with Crippen molar-refractivity contribution in [2.75, 3.05) is 19.7 Å². The van der Waals surface area contributed by atoms with Crippen LogP contribution in [0.5, 0.6) is 0 Å². The van der Waals surface area contributed by atoms with Gasteiger partial charge in [0.2, 0.25) is 0 Å². The Hall–Kier alpha value is -0.780. The highest BCUT2D eigenvalue weighted by Gasteiger charge is 2.01. The molecule has 0 aromatic heterocycles. The van der Waals surface area contributed by atoms with Gasteiger partial charge in [-0.05, 0) is 6.42 Å². The largest absolute Gasteiger partial charge is 0.294 e. The molecule has 0 N–H and O–H groups in total. The van der Waals surface area contributed by atoms with Crippen LogP contribution in [0.15, 0.2) is 12.7 Å². The van der Waals surface area contributed by atoms with Gasteiger partial charge in [-0.15, -0.1) is 13.0 Å². The Balaban J connectivity index is 3.54. The number of terminal acetylenes is 1. The van der Waals surface area contributed by atoms with Gasteiger partial charge in [0.05, 0.1) is 13.2 Å².